The van der Waals surface area contributed by atoms with E-state index in [2.05, 4.69) is 5.32 Å². The van der Waals surface area contributed by atoms with Crippen LogP contribution in [0.15, 0.2) is 18.2 Å². The summed E-state index contributed by atoms with van der Waals surface area (Å²) >= 11 is 11.9. The van der Waals surface area contributed by atoms with Crippen LogP contribution in [0.25, 0.3) is 0 Å². The van der Waals surface area contributed by atoms with E-state index in [-0.39, 0.29) is 12.0 Å². The minimum absolute atomic E-state index is 0.111. The van der Waals surface area contributed by atoms with Gasteiger partial charge in [-0.15, -0.1) is 0 Å². The molecule has 1 aliphatic rings. The molecule has 0 spiro atoms. The fourth-order valence-electron chi connectivity index (χ4n) is 1.81. The number of amides is 1. The zero-order valence-corrected chi connectivity index (χ0v) is 10.7. The molecule has 0 aromatic heterocycles. The van der Waals surface area contributed by atoms with Gasteiger partial charge in [-0.3, -0.25) is 4.79 Å². The standard InChI is InChI=1S/C12H13Cl2NO2/c13-9-4-1-5-10(14)11(9)12(16)15-7-8-3-2-6-17-8/h1,4-5,8H,2-3,6-7H2,(H,15,16). The normalized spacial score (nSPS) is 19.3. The Kier molecular flexibility index (Phi) is 4.26. The number of nitrogens with one attached hydrogen (secondary N) is 1. The van der Waals surface area contributed by atoms with E-state index in [0.717, 1.165) is 19.4 Å². The molecule has 1 atom stereocenters. The van der Waals surface area contributed by atoms with E-state index in [1.165, 1.54) is 0 Å². The third-order valence-electron chi connectivity index (χ3n) is 2.70. The first-order valence-corrected chi connectivity index (χ1v) is 6.28. The second-order valence-electron chi connectivity index (χ2n) is 3.94. The second kappa shape index (κ2) is 5.71. The third kappa shape index (κ3) is 3.12. The molecule has 0 bridgehead atoms. The van der Waals surface area contributed by atoms with Gasteiger partial charge in [0.1, 0.15) is 0 Å². The topological polar surface area (TPSA) is 38.3 Å². The summed E-state index contributed by atoms with van der Waals surface area (Å²) < 4.78 is 5.42. The van der Waals surface area contributed by atoms with E-state index in [0.29, 0.717) is 22.2 Å². The van der Waals surface area contributed by atoms with Crippen molar-refractivity contribution in [3.63, 3.8) is 0 Å². The molecule has 1 aliphatic heterocycles. The number of carbonyl (C=O) groups excluding carboxylic acids is 1. The molecule has 0 aliphatic carbocycles. The van der Waals surface area contributed by atoms with Gasteiger partial charge in [-0.2, -0.15) is 0 Å². The second-order valence-corrected chi connectivity index (χ2v) is 4.76. The number of hydrogen-bond donors (Lipinski definition) is 1. The Morgan fingerprint density at radius 2 is 2.12 bits per heavy atom. The van der Waals surface area contributed by atoms with E-state index < -0.39 is 0 Å². The highest BCUT2D eigenvalue weighted by atomic mass is 35.5. The number of benzene rings is 1. The summed E-state index contributed by atoms with van der Waals surface area (Å²) in [5, 5.41) is 3.52. The predicted molar refractivity (Wildman–Crippen MR) is 67.8 cm³/mol. The minimum Gasteiger partial charge on any atom is -0.376 e. The molecule has 0 saturated carbocycles. The number of rotatable bonds is 3. The SMILES string of the molecule is O=C(NCC1CCCO1)c1c(Cl)cccc1Cl. The van der Waals surface area contributed by atoms with Crippen molar-refractivity contribution < 1.29 is 9.53 Å². The molecule has 1 saturated heterocycles. The van der Waals surface area contributed by atoms with Crippen molar-refractivity contribution in [2.75, 3.05) is 13.2 Å². The lowest BCUT2D eigenvalue weighted by Crippen LogP contribution is -2.32. The fourth-order valence-corrected chi connectivity index (χ4v) is 2.38. The Balaban J connectivity index is 1.99. The van der Waals surface area contributed by atoms with Gasteiger partial charge in [0.05, 0.1) is 21.7 Å². The van der Waals surface area contributed by atoms with Crippen LogP contribution in [0.1, 0.15) is 23.2 Å². The van der Waals surface area contributed by atoms with Gasteiger partial charge in [-0.25, -0.2) is 0 Å². The lowest BCUT2D eigenvalue weighted by molar-refractivity contribution is 0.0858. The minimum atomic E-state index is -0.254. The summed E-state index contributed by atoms with van der Waals surface area (Å²) in [6.07, 6.45) is 2.14. The van der Waals surface area contributed by atoms with Crippen LogP contribution >= 0.6 is 23.2 Å². The first kappa shape index (κ1) is 12.7. The lowest BCUT2D eigenvalue weighted by atomic mass is 10.2. The molecule has 1 aromatic carbocycles. The molecule has 1 fully saturated rings. The summed E-state index contributed by atoms with van der Waals surface area (Å²) in [5.41, 5.74) is 0.328. The van der Waals surface area contributed by atoms with Crippen molar-refractivity contribution >= 4 is 29.1 Å². The largest absolute Gasteiger partial charge is 0.376 e. The van der Waals surface area contributed by atoms with Gasteiger partial charge in [0, 0.05) is 13.2 Å². The van der Waals surface area contributed by atoms with Crippen molar-refractivity contribution in [2.45, 2.75) is 18.9 Å². The number of carbonyl (C=O) groups is 1. The average Bonchev–Trinajstić information content (AvgIpc) is 2.79. The summed E-state index contributed by atoms with van der Waals surface area (Å²) in [7, 11) is 0. The van der Waals surface area contributed by atoms with Crippen LogP contribution in [0.4, 0.5) is 0 Å². The van der Waals surface area contributed by atoms with Gasteiger partial charge in [0.15, 0.2) is 0 Å². The highest BCUT2D eigenvalue weighted by molar-refractivity contribution is 6.39. The van der Waals surface area contributed by atoms with Crippen LogP contribution in [0, 0.1) is 0 Å². The molecule has 1 amide bonds. The molecule has 5 heteroatoms. The lowest BCUT2D eigenvalue weighted by Gasteiger charge is -2.12. The van der Waals surface area contributed by atoms with Gasteiger partial charge < -0.3 is 10.1 Å². The molecular formula is C12H13Cl2NO2. The molecule has 1 N–H and O–H groups in total. The summed E-state index contributed by atoms with van der Waals surface area (Å²) in [6, 6.07) is 5.00. The molecule has 1 heterocycles. The molecule has 1 aromatic rings. The maximum atomic E-state index is 11.9. The first-order valence-electron chi connectivity index (χ1n) is 5.52. The fraction of sp³-hybridized carbons (Fsp3) is 0.417. The smallest absolute Gasteiger partial charge is 0.254 e. The average molecular weight is 274 g/mol. The van der Waals surface area contributed by atoms with Gasteiger partial charge in [0.2, 0.25) is 0 Å². The molecule has 0 radical (unpaired) electrons. The monoisotopic (exact) mass is 273 g/mol. The van der Waals surface area contributed by atoms with Crippen LogP contribution < -0.4 is 5.32 Å². The van der Waals surface area contributed by atoms with Crippen molar-refractivity contribution in [1.82, 2.24) is 5.32 Å². The van der Waals surface area contributed by atoms with Gasteiger partial charge >= 0.3 is 0 Å². The molecule has 1 unspecified atom stereocenters. The molecular weight excluding hydrogens is 261 g/mol. The van der Waals surface area contributed by atoms with E-state index in [9.17, 15) is 4.79 Å². The molecule has 2 rings (SSSR count). The van der Waals surface area contributed by atoms with E-state index >= 15 is 0 Å². The Morgan fingerprint density at radius 1 is 1.41 bits per heavy atom. The predicted octanol–water partition coefficient (Wildman–Crippen LogP) is 2.90. The molecule has 92 valence electrons. The number of hydrogen-bond acceptors (Lipinski definition) is 2. The molecule has 17 heavy (non-hydrogen) atoms. The van der Waals surface area contributed by atoms with Gasteiger partial charge in [-0.1, -0.05) is 29.3 Å². The molecule has 3 nitrogen and oxygen atoms in total. The highest BCUT2D eigenvalue weighted by Crippen LogP contribution is 2.24. The quantitative estimate of drug-likeness (QED) is 0.920. The first-order chi connectivity index (χ1) is 8.18. The Morgan fingerprint density at radius 3 is 2.71 bits per heavy atom. The summed E-state index contributed by atoms with van der Waals surface area (Å²) in [5.74, 6) is -0.254. The van der Waals surface area contributed by atoms with Crippen molar-refractivity contribution in [3.8, 4) is 0 Å². The Labute approximate surface area is 110 Å². The van der Waals surface area contributed by atoms with E-state index in [1.807, 2.05) is 0 Å². The highest BCUT2D eigenvalue weighted by Gasteiger charge is 2.19. The van der Waals surface area contributed by atoms with Crippen LogP contribution in [-0.2, 0) is 4.74 Å². The van der Waals surface area contributed by atoms with Crippen LogP contribution in [0.5, 0.6) is 0 Å². The van der Waals surface area contributed by atoms with Crippen LogP contribution in [0.2, 0.25) is 10.0 Å². The third-order valence-corrected chi connectivity index (χ3v) is 3.33. The van der Waals surface area contributed by atoms with Crippen molar-refractivity contribution in [2.24, 2.45) is 0 Å². The summed E-state index contributed by atoms with van der Waals surface area (Å²) in [6.45, 7) is 1.27. The number of ether oxygens (including phenoxy) is 1. The zero-order chi connectivity index (χ0) is 12.3. The van der Waals surface area contributed by atoms with Gasteiger partial charge in [-0.05, 0) is 25.0 Å². The Bertz CT molecular complexity index is 397. The zero-order valence-electron chi connectivity index (χ0n) is 9.21. The van der Waals surface area contributed by atoms with E-state index in [4.69, 9.17) is 27.9 Å². The van der Waals surface area contributed by atoms with Gasteiger partial charge in [0.25, 0.3) is 5.91 Å². The van der Waals surface area contributed by atoms with Crippen LogP contribution in [0.3, 0.4) is 0 Å². The van der Waals surface area contributed by atoms with E-state index in [1.54, 1.807) is 18.2 Å². The van der Waals surface area contributed by atoms with Crippen molar-refractivity contribution in [1.29, 1.82) is 0 Å². The maximum absolute atomic E-state index is 11.9. The summed E-state index contributed by atoms with van der Waals surface area (Å²) in [4.78, 5) is 11.9. The Hall–Kier alpha value is -0.770. The number of halogens is 2. The van der Waals surface area contributed by atoms with Crippen molar-refractivity contribution in [3.05, 3.63) is 33.8 Å². The van der Waals surface area contributed by atoms with Crippen LogP contribution in [-0.4, -0.2) is 25.2 Å². The maximum Gasteiger partial charge on any atom is 0.254 e.